The molecule has 0 aliphatic carbocycles. The molecular formula is C21H23F4N3O5S. The van der Waals surface area contributed by atoms with E-state index in [2.05, 4.69) is 15.5 Å². The van der Waals surface area contributed by atoms with Crippen LogP contribution in [0.25, 0.3) is 0 Å². The number of carboxylic acids is 1. The van der Waals surface area contributed by atoms with Crippen LogP contribution in [-0.2, 0) is 19.4 Å². The van der Waals surface area contributed by atoms with Crippen molar-refractivity contribution in [3.05, 3.63) is 48.3 Å². The summed E-state index contributed by atoms with van der Waals surface area (Å²) in [7, 11) is -3.98. The minimum atomic E-state index is -5.08. The number of rotatable bonds is 4. The lowest BCUT2D eigenvalue weighted by atomic mass is 10.2. The van der Waals surface area contributed by atoms with Crippen molar-refractivity contribution in [2.45, 2.75) is 29.3 Å². The molecule has 186 valence electrons. The molecule has 34 heavy (non-hydrogen) atoms. The van der Waals surface area contributed by atoms with Crippen LogP contribution in [0.5, 0.6) is 0 Å². The van der Waals surface area contributed by atoms with Crippen molar-refractivity contribution in [1.29, 1.82) is 0 Å². The Morgan fingerprint density at radius 2 is 1.76 bits per heavy atom. The van der Waals surface area contributed by atoms with Crippen molar-refractivity contribution < 1.29 is 40.7 Å². The monoisotopic (exact) mass is 505 g/mol. The zero-order valence-electron chi connectivity index (χ0n) is 18.0. The van der Waals surface area contributed by atoms with Gasteiger partial charge in [0, 0.05) is 32.2 Å². The minimum Gasteiger partial charge on any atom is -0.475 e. The molecule has 1 amide bonds. The summed E-state index contributed by atoms with van der Waals surface area (Å²) < 4.78 is 71.2. The summed E-state index contributed by atoms with van der Waals surface area (Å²) >= 11 is 0. The highest BCUT2D eigenvalue weighted by molar-refractivity contribution is 7.91. The lowest BCUT2D eigenvalue weighted by Crippen LogP contribution is -2.28. The average Bonchev–Trinajstić information content (AvgIpc) is 3.02. The lowest BCUT2D eigenvalue weighted by molar-refractivity contribution is -0.192. The third kappa shape index (κ3) is 7.42. The number of nitrogens with zero attached hydrogens (tertiary/aromatic N) is 1. The highest BCUT2D eigenvalue weighted by Crippen LogP contribution is 2.32. The summed E-state index contributed by atoms with van der Waals surface area (Å²) in [6.45, 7) is 4.71. The SMILES string of the molecule is CC(=O)Nc1cc(N2CCCNCC2)ccc1S(=O)(=O)c1cccc(F)c1.O=C(O)C(F)(F)F. The van der Waals surface area contributed by atoms with Crippen LogP contribution in [-0.4, -0.2) is 57.8 Å². The number of amides is 1. The number of alkyl halides is 3. The number of hydrogen-bond donors (Lipinski definition) is 3. The summed E-state index contributed by atoms with van der Waals surface area (Å²) in [4.78, 5) is 22.5. The van der Waals surface area contributed by atoms with Crippen LogP contribution in [0.4, 0.5) is 28.9 Å². The molecule has 0 bridgehead atoms. The van der Waals surface area contributed by atoms with Crippen LogP contribution in [0.1, 0.15) is 13.3 Å². The molecular weight excluding hydrogens is 482 g/mol. The largest absolute Gasteiger partial charge is 0.490 e. The maximum absolute atomic E-state index is 13.5. The first-order valence-corrected chi connectivity index (χ1v) is 11.5. The highest BCUT2D eigenvalue weighted by Gasteiger charge is 2.38. The third-order valence-corrected chi connectivity index (χ3v) is 6.43. The molecule has 0 radical (unpaired) electrons. The second-order valence-corrected chi connectivity index (χ2v) is 9.13. The number of carbonyl (C=O) groups excluding carboxylic acids is 1. The Morgan fingerprint density at radius 1 is 1.09 bits per heavy atom. The zero-order valence-corrected chi connectivity index (χ0v) is 18.8. The Kier molecular flexibility index (Phi) is 8.99. The van der Waals surface area contributed by atoms with Gasteiger partial charge in [-0.3, -0.25) is 4.79 Å². The van der Waals surface area contributed by atoms with E-state index in [-0.39, 0.29) is 21.4 Å². The molecule has 8 nitrogen and oxygen atoms in total. The van der Waals surface area contributed by atoms with E-state index in [0.717, 1.165) is 44.4 Å². The number of aliphatic carboxylic acids is 1. The first-order chi connectivity index (χ1) is 15.8. The Balaban J connectivity index is 0.000000509. The van der Waals surface area contributed by atoms with Crippen molar-refractivity contribution >= 4 is 33.1 Å². The number of benzene rings is 2. The van der Waals surface area contributed by atoms with E-state index in [4.69, 9.17) is 9.90 Å². The van der Waals surface area contributed by atoms with Gasteiger partial charge in [-0.05, 0) is 49.4 Å². The molecule has 2 aromatic rings. The topological polar surface area (TPSA) is 116 Å². The second-order valence-electron chi connectivity index (χ2n) is 7.22. The van der Waals surface area contributed by atoms with Gasteiger partial charge in [-0.25, -0.2) is 17.6 Å². The molecule has 3 N–H and O–H groups in total. The molecule has 0 spiro atoms. The lowest BCUT2D eigenvalue weighted by Gasteiger charge is -2.24. The Hall–Kier alpha value is -3.19. The van der Waals surface area contributed by atoms with Crippen molar-refractivity contribution in [3.8, 4) is 0 Å². The third-order valence-electron chi connectivity index (χ3n) is 4.62. The number of hydrogen-bond acceptors (Lipinski definition) is 6. The first-order valence-electron chi connectivity index (χ1n) is 10.0. The van der Waals surface area contributed by atoms with Gasteiger partial charge in [-0.1, -0.05) is 6.07 Å². The van der Waals surface area contributed by atoms with E-state index in [9.17, 15) is 30.8 Å². The number of anilines is 2. The molecule has 1 saturated heterocycles. The molecule has 3 rings (SSSR count). The molecule has 1 heterocycles. The highest BCUT2D eigenvalue weighted by atomic mass is 32.2. The minimum absolute atomic E-state index is 0.0556. The molecule has 1 aliphatic heterocycles. The molecule has 1 aliphatic rings. The van der Waals surface area contributed by atoms with Crippen molar-refractivity contribution in [1.82, 2.24) is 5.32 Å². The van der Waals surface area contributed by atoms with Crippen molar-refractivity contribution in [2.24, 2.45) is 0 Å². The standard InChI is InChI=1S/C19H22FN3O3S.C2HF3O2/c1-14(24)22-18-13-16(23-10-3-8-21-9-11-23)6-7-19(18)27(25,26)17-5-2-4-15(20)12-17;3-2(4,5)1(6)7/h2,4-7,12-13,21H,3,8-11H2,1H3,(H,22,24);(H,6,7). The Bertz CT molecular complexity index is 1130. The molecule has 0 saturated carbocycles. The molecule has 0 aromatic heterocycles. The van der Waals surface area contributed by atoms with Crippen molar-refractivity contribution in [3.63, 3.8) is 0 Å². The fraction of sp³-hybridized carbons (Fsp3) is 0.333. The number of carbonyl (C=O) groups is 2. The van der Waals surface area contributed by atoms with Crippen molar-refractivity contribution in [2.75, 3.05) is 36.4 Å². The fourth-order valence-corrected chi connectivity index (χ4v) is 4.53. The predicted molar refractivity (Wildman–Crippen MR) is 116 cm³/mol. The van der Waals surface area contributed by atoms with E-state index in [1.54, 1.807) is 12.1 Å². The number of halogens is 4. The van der Waals surface area contributed by atoms with Crippen LogP contribution in [0, 0.1) is 5.82 Å². The molecule has 2 aromatic carbocycles. The van der Waals surface area contributed by atoms with E-state index < -0.39 is 27.8 Å². The maximum Gasteiger partial charge on any atom is 0.490 e. The number of nitrogens with one attached hydrogen (secondary N) is 2. The van der Waals surface area contributed by atoms with Gasteiger partial charge in [-0.15, -0.1) is 0 Å². The van der Waals surface area contributed by atoms with Gasteiger partial charge >= 0.3 is 12.1 Å². The zero-order chi connectivity index (χ0) is 25.5. The van der Waals surface area contributed by atoms with Crippen LogP contribution in [0.2, 0.25) is 0 Å². The summed E-state index contributed by atoms with van der Waals surface area (Å²) in [6, 6.07) is 9.70. The van der Waals surface area contributed by atoms with Gasteiger partial charge in [0.1, 0.15) is 5.82 Å². The molecule has 0 unspecified atom stereocenters. The summed E-state index contributed by atoms with van der Waals surface area (Å²) in [5, 5.41) is 13.0. The van der Waals surface area contributed by atoms with E-state index >= 15 is 0 Å². The Morgan fingerprint density at radius 3 is 2.35 bits per heavy atom. The quantitative estimate of drug-likeness (QED) is 0.547. The second kappa shape index (κ2) is 11.3. The van der Waals surface area contributed by atoms with Crippen LogP contribution < -0.4 is 15.5 Å². The molecule has 0 atom stereocenters. The number of sulfone groups is 1. The smallest absolute Gasteiger partial charge is 0.475 e. The van der Waals surface area contributed by atoms with Gasteiger partial charge < -0.3 is 20.6 Å². The van der Waals surface area contributed by atoms with E-state index in [1.165, 1.54) is 31.2 Å². The molecule has 1 fully saturated rings. The van der Waals surface area contributed by atoms with Crippen LogP contribution in [0.3, 0.4) is 0 Å². The van der Waals surface area contributed by atoms with Gasteiger partial charge in [0.05, 0.1) is 15.5 Å². The first kappa shape index (κ1) is 27.1. The predicted octanol–water partition coefficient (Wildman–Crippen LogP) is 3.05. The summed E-state index contributed by atoms with van der Waals surface area (Å²) in [5.41, 5.74) is 1.03. The average molecular weight is 505 g/mol. The van der Waals surface area contributed by atoms with Gasteiger partial charge in [-0.2, -0.15) is 13.2 Å². The fourth-order valence-electron chi connectivity index (χ4n) is 3.10. The van der Waals surface area contributed by atoms with Crippen LogP contribution in [0.15, 0.2) is 52.3 Å². The normalized spacial score (nSPS) is 14.4. The van der Waals surface area contributed by atoms with Gasteiger partial charge in [0.25, 0.3) is 0 Å². The summed E-state index contributed by atoms with van der Waals surface area (Å²) in [5.74, 6) is -3.77. The Labute approximate surface area is 193 Å². The molecule has 13 heteroatoms. The maximum atomic E-state index is 13.5. The van der Waals surface area contributed by atoms with Gasteiger partial charge in [0.2, 0.25) is 15.7 Å². The van der Waals surface area contributed by atoms with E-state index in [0.29, 0.717) is 0 Å². The van der Waals surface area contributed by atoms with E-state index in [1.807, 2.05) is 0 Å². The number of carboxylic acid groups (broad SMARTS) is 1. The van der Waals surface area contributed by atoms with Crippen LogP contribution >= 0.6 is 0 Å². The summed E-state index contributed by atoms with van der Waals surface area (Å²) in [6.07, 6.45) is -4.11. The van der Waals surface area contributed by atoms with Gasteiger partial charge in [0.15, 0.2) is 0 Å².